The van der Waals surface area contributed by atoms with Gasteiger partial charge in [-0.25, -0.2) is 15.0 Å². The average molecular weight is 355 g/mol. The normalized spacial score (nSPS) is 17.0. The first-order valence-electron chi connectivity index (χ1n) is 7.98. The SMILES string of the molecule is O=C(NCC1CN(c2ncccn2)Cc2ccnn2C1)c1cscn1. The van der Waals surface area contributed by atoms with E-state index in [-0.39, 0.29) is 11.8 Å². The molecule has 0 saturated carbocycles. The minimum atomic E-state index is -0.145. The fourth-order valence-electron chi connectivity index (χ4n) is 2.92. The highest BCUT2D eigenvalue weighted by Crippen LogP contribution is 2.19. The third-order valence-corrected chi connectivity index (χ3v) is 4.70. The number of hydrogen-bond donors (Lipinski definition) is 1. The maximum atomic E-state index is 12.2. The number of amides is 1. The van der Waals surface area contributed by atoms with Gasteiger partial charge in [-0.15, -0.1) is 11.3 Å². The molecule has 1 N–H and O–H groups in total. The van der Waals surface area contributed by atoms with Crippen LogP contribution in [0, 0.1) is 5.92 Å². The number of aromatic nitrogens is 5. The smallest absolute Gasteiger partial charge is 0.270 e. The summed E-state index contributed by atoms with van der Waals surface area (Å²) in [4.78, 5) is 27.0. The molecule has 9 heteroatoms. The van der Waals surface area contributed by atoms with Crippen LogP contribution in [-0.2, 0) is 13.1 Å². The van der Waals surface area contributed by atoms with Gasteiger partial charge >= 0.3 is 0 Å². The van der Waals surface area contributed by atoms with Crippen LogP contribution in [0.4, 0.5) is 5.95 Å². The van der Waals surface area contributed by atoms with Crippen molar-refractivity contribution in [3.63, 3.8) is 0 Å². The van der Waals surface area contributed by atoms with Crippen LogP contribution in [0.2, 0.25) is 0 Å². The van der Waals surface area contributed by atoms with Crippen molar-refractivity contribution in [2.45, 2.75) is 13.1 Å². The maximum absolute atomic E-state index is 12.2. The first-order chi connectivity index (χ1) is 12.3. The molecule has 25 heavy (non-hydrogen) atoms. The van der Waals surface area contributed by atoms with Gasteiger partial charge in [0.15, 0.2) is 0 Å². The largest absolute Gasteiger partial charge is 0.350 e. The number of thiazole rings is 1. The maximum Gasteiger partial charge on any atom is 0.270 e. The van der Waals surface area contributed by atoms with Crippen LogP contribution in [0.25, 0.3) is 0 Å². The van der Waals surface area contributed by atoms with E-state index in [9.17, 15) is 4.79 Å². The molecule has 0 fully saturated rings. The van der Waals surface area contributed by atoms with Crippen molar-refractivity contribution in [2.24, 2.45) is 5.92 Å². The van der Waals surface area contributed by atoms with Gasteiger partial charge in [-0.3, -0.25) is 9.48 Å². The molecule has 0 aliphatic carbocycles. The molecule has 1 aliphatic rings. The molecular weight excluding hydrogens is 338 g/mol. The molecule has 1 unspecified atom stereocenters. The molecule has 0 bridgehead atoms. The first-order valence-corrected chi connectivity index (χ1v) is 8.93. The number of rotatable bonds is 4. The van der Waals surface area contributed by atoms with Gasteiger partial charge in [0, 0.05) is 49.5 Å². The summed E-state index contributed by atoms with van der Waals surface area (Å²) in [5.41, 5.74) is 3.23. The number of nitrogens with one attached hydrogen (secondary N) is 1. The van der Waals surface area contributed by atoms with Gasteiger partial charge in [-0.2, -0.15) is 5.10 Å². The van der Waals surface area contributed by atoms with Crippen molar-refractivity contribution in [3.8, 4) is 0 Å². The zero-order valence-electron chi connectivity index (χ0n) is 13.4. The van der Waals surface area contributed by atoms with E-state index in [1.165, 1.54) is 11.3 Å². The summed E-state index contributed by atoms with van der Waals surface area (Å²) < 4.78 is 1.99. The first kappa shape index (κ1) is 15.7. The number of carbonyl (C=O) groups is 1. The van der Waals surface area contributed by atoms with Gasteiger partial charge in [-0.05, 0) is 12.1 Å². The van der Waals surface area contributed by atoms with Crippen LogP contribution >= 0.6 is 11.3 Å². The summed E-state index contributed by atoms with van der Waals surface area (Å²) in [5.74, 6) is 0.731. The summed E-state index contributed by atoms with van der Waals surface area (Å²) in [6.45, 7) is 2.72. The Morgan fingerprint density at radius 3 is 2.92 bits per heavy atom. The van der Waals surface area contributed by atoms with Crippen LogP contribution < -0.4 is 10.2 Å². The summed E-state index contributed by atoms with van der Waals surface area (Å²) in [6.07, 6.45) is 5.28. The summed E-state index contributed by atoms with van der Waals surface area (Å²) in [6, 6.07) is 3.81. The lowest BCUT2D eigenvalue weighted by Crippen LogP contribution is -2.37. The molecule has 1 aliphatic heterocycles. The minimum Gasteiger partial charge on any atom is -0.350 e. The van der Waals surface area contributed by atoms with Crippen LogP contribution in [-0.4, -0.2) is 43.7 Å². The molecule has 8 nitrogen and oxygen atoms in total. The molecule has 4 heterocycles. The Morgan fingerprint density at radius 1 is 1.24 bits per heavy atom. The standard InChI is InChI=1S/C16H17N7OS/c24-15(14-10-25-11-20-14)19-6-12-7-22(16-17-3-1-4-18-16)9-13-2-5-21-23(13)8-12/h1-5,10-12H,6-9H2,(H,19,24). The van der Waals surface area contributed by atoms with Crippen LogP contribution in [0.5, 0.6) is 0 Å². The monoisotopic (exact) mass is 355 g/mol. The Kier molecular flexibility index (Phi) is 4.38. The van der Waals surface area contributed by atoms with Crippen molar-refractivity contribution < 1.29 is 4.79 Å². The fourth-order valence-corrected chi connectivity index (χ4v) is 3.45. The highest BCUT2D eigenvalue weighted by molar-refractivity contribution is 7.07. The summed E-state index contributed by atoms with van der Waals surface area (Å²) in [5, 5.41) is 9.12. The van der Waals surface area contributed by atoms with Gasteiger partial charge in [0.2, 0.25) is 5.95 Å². The average Bonchev–Trinajstić information content (AvgIpc) is 3.29. The number of anilines is 1. The minimum absolute atomic E-state index is 0.145. The third-order valence-electron chi connectivity index (χ3n) is 4.12. The lowest BCUT2D eigenvalue weighted by Gasteiger charge is -2.24. The van der Waals surface area contributed by atoms with Gasteiger partial charge in [0.05, 0.1) is 17.7 Å². The molecule has 0 aromatic carbocycles. The zero-order chi connectivity index (χ0) is 17.1. The number of carbonyl (C=O) groups excluding carboxylic acids is 1. The molecule has 4 rings (SSSR count). The van der Waals surface area contributed by atoms with Crippen molar-refractivity contribution in [2.75, 3.05) is 18.0 Å². The molecule has 3 aromatic rings. The van der Waals surface area contributed by atoms with Gasteiger partial charge < -0.3 is 10.2 Å². The summed E-state index contributed by atoms with van der Waals surface area (Å²) in [7, 11) is 0. The Labute approximate surface area is 148 Å². The van der Waals surface area contributed by atoms with E-state index < -0.39 is 0 Å². The van der Waals surface area contributed by atoms with Crippen LogP contribution in [0.1, 0.15) is 16.2 Å². The topological polar surface area (TPSA) is 88.8 Å². The molecule has 3 aromatic heterocycles. The van der Waals surface area contributed by atoms with Crippen LogP contribution in [0.15, 0.2) is 41.6 Å². The van der Waals surface area contributed by atoms with E-state index in [0.717, 1.165) is 18.8 Å². The lowest BCUT2D eigenvalue weighted by molar-refractivity contribution is 0.0941. The number of fused-ring (bicyclic) bond motifs is 1. The van der Waals surface area contributed by atoms with Crippen molar-refractivity contribution >= 4 is 23.2 Å². The van der Waals surface area contributed by atoms with E-state index in [1.807, 2.05) is 10.7 Å². The Bertz CT molecular complexity index is 833. The van der Waals surface area contributed by atoms with Crippen molar-refractivity contribution in [1.82, 2.24) is 30.0 Å². The van der Waals surface area contributed by atoms with Crippen molar-refractivity contribution in [3.05, 3.63) is 53.0 Å². The molecule has 0 radical (unpaired) electrons. The second-order valence-corrected chi connectivity index (χ2v) is 6.60. The predicted octanol–water partition coefficient (Wildman–Crippen LogP) is 1.20. The quantitative estimate of drug-likeness (QED) is 0.756. The van der Waals surface area contributed by atoms with Gasteiger partial charge in [-0.1, -0.05) is 0 Å². The number of nitrogens with zero attached hydrogens (tertiary/aromatic N) is 6. The fraction of sp³-hybridized carbons (Fsp3) is 0.312. The third kappa shape index (κ3) is 3.50. The molecule has 0 saturated heterocycles. The van der Waals surface area contributed by atoms with E-state index >= 15 is 0 Å². The Hall–Kier alpha value is -2.81. The second kappa shape index (κ2) is 6.98. The van der Waals surface area contributed by atoms with Gasteiger partial charge in [0.25, 0.3) is 5.91 Å². The lowest BCUT2D eigenvalue weighted by atomic mass is 10.1. The number of hydrogen-bond acceptors (Lipinski definition) is 7. The van der Waals surface area contributed by atoms with Crippen molar-refractivity contribution in [1.29, 1.82) is 0 Å². The Balaban J connectivity index is 1.50. The zero-order valence-corrected chi connectivity index (χ0v) is 14.3. The highest BCUT2D eigenvalue weighted by atomic mass is 32.1. The predicted molar refractivity (Wildman–Crippen MR) is 93.2 cm³/mol. The summed E-state index contributed by atoms with van der Waals surface area (Å²) >= 11 is 1.41. The highest BCUT2D eigenvalue weighted by Gasteiger charge is 2.24. The second-order valence-electron chi connectivity index (χ2n) is 5.88. The molecule has 1 atom stereocenters. The van der Waals surface area contributed by atoms with E-state index in [0.29, 0.717) is 24.7 Å². The van der Waals surface area contributed by atoms with E-state index in [2.05, 4.69) is 30.3 Å². The Morgan fingerprint density at radius 2 is 2.12 bits per heavy atom. The molecule has 0 spiro atoms. The molecule has 1 amide bonds. The van der Waals surface area contributed by atoms with E-state index in [4.69, 9.17) is 0 Å². The van der Waals surface area contributed by atoms with Crippen LogP contribution in [0.3, 0.4) is 0 Å². The molecular formula is C16H17N7OS. The van der Waals surface area contributed by atoms with Gasteiger partial charge in [0.1, 0.15) is 5.69 Å². The molecule has 128 valence electrons. The van der Waals surface area contributed by atoms with E-state index in [1.54, 1.807) is 35.5 Å².